The van der Waals surface area contributed by atoms with Crippen LogP contribution in [0.15, 0.2) is 36.5 Å². The number of hydrogen-bond acceptors (Lipinski definition) is 4. The summed E-state index contributed by atoms with van der Waals surface area (Å²) in [6.45, 7) is 1.71. The van der Waals surface area contributed by atoms with E-state index in [4.69, 9.17) is 0 Å². The molecule has 0 saturated carbocycles. The van der Waals surface area contributed by atoms with E-state index in [1.807, 2.05) is 13.1 Å². The van der Waals surface area contributed by atoms with E-state index in [9.17, 15) is 0 Å². The van der Waals surface area contributed by atoms with Gasteiger partial charge in [0.1, 0.15) is 0 Å². The minimum absolute atomic E-state index is 0.297. The van der Waals surface area contributed by atoms with Gasteiger partial charge in [0.25, 0.3) is 0 Å². The summed E-state index contributed by atoms with van der Waals surface area (Å²) in [6, 6.07) is 10.8. The van der Waals surface area contributed by atoms with Gasteiger partial charge in [-0.25, -0.2) is 0 Å². The Bertz CT molecular complexity index is 492. The summed E-state index contributed by atoms with van der Waals surface area (Å²) in [5, 5.41) is 11.4. The van der Waals surface area contributed by atoms with Crippen molar-refractivity contribution < 1.29 is 0 Å². The summed E-state index contributed by atoms with van der Waals surface area (Å²) in [7, 11) is 6.08. The van der Waals surface area contributed by atoms with E-state index in [0.717, 1.165) is 18.8 Å². The fourth-order valence-corrected chi connectivity index (χ4v) is 2.04. The van der Waals surface area contributed by atoms with Gasteiger partial charge >= 0.3 is 0 Å². The van der Waals surface area contributed by atoms with Crippen molar-refractivity contribution in [3.8, 4) is 0 Å². The molecule has 2 aromatic rings. The van der Waals surface area contributed by atoms with Crippen molar-refractivity contribution in [3.63, 3.8) is 0 Å². The van der Waals surface area contributed by atoms with Crippen LogP contribution in [0.1, 0.15) is 17.3 Å². The molecule has 0 bridgehead atoms. The first-order valence-corrected chi connectivity index (χ1v) is 6.43. The molecule has 0 fully saturated rings. The maximum absolute atomic E-state index is 3.94. The Morgan fingerprint density at radius 1 is 1.26 bits per heavy atom. The second-order valence-corrected chi connectivity index (χ2v) is 4.96. The van der Waals surface area contributed by atoms with Crippen LogP contribution in [0.5, 0.6) is 0 Å². The van der Waals surface area contributed by atoms with E-state index in [1.54, 1.807) is 10.9 Å². The van der Waals surface area contributed by atoms with Gasteiger partial charge in [-0.15, -0.1) is 5.10 Å². The number of aryl methyl sites for hydroxylation is 1. The molecule has 0 amide bonds. The maximum atomic E-state index is 3.94. The Morgan fingerprint density at radius 2 is 2.00 bits per heavy atom. The Kier molecular flexibility index (Phi) is 4.65. The lowest BCUT2D eigenvalue weighted by Crippen LogP contribution is -2.31. The highest BCUT2D eigenvalue weighted by Gasteiger charge is 2.12. The van der Waals surface area contributed by atoms with Gasteiger partial charge in [-0.05, 0) is 19.7 Å². The normalized spacial score (nSPS) is 12.8. The molecule has 1 atom stereocenters. The van der Waals surface area contributed by atoms with Crippen LogP contribution in [0.25, 0.3) is 0 Å². The zero-order valence-electron chi connectivity index (χ0n) is 11.7. The largest absolute Gasteiger partial charge is 0.308 e. The van der Waals surface area contributed by atoms with Gasteiger partial charge in [0.2, 0.25) is 0 Å². The van der Waals surface area contributed by atoms with Crippen molar-refractivity contribution in [1.29, 1.82) is 0 Å². The van der Waals surface area contributed by atoms with Crippen LogP contribution in [0.3, 0.4) is 0 Å². The second-order valence-electron chi connectivity index (χ2n) is 4.96. The molecule has 1 unspecified atom stereocenters. The minimum Gasteiger partial charge on any atom is -0.308 e. The molecule has 5 nitrogen and oxygen atoms in total. The summed E-state index contributed by atoms with van der Waals surface area (Å²) < 4.78 is 1.80. The molecule has 0 aliphatic carbocycles. The fraction of sp³-hybridized carbons (Fsp3) is 0.429. The average Bonchev–Trinajstić information content (AvgIpc) is 2.81. The average molecular weight is 259 g/mol. The summed E-state index contributed by atoms with van der Waals surface area (Å²) in [4.78, 5) is 2.19. The van der Waals surface area contributed by atoms with Crippen molar-refractivity contribution in [2.75, 3.05) is 20.6 Å². The van der Waals surface area contributed by atoms with E-state index in [1.165, 1.54) is 5.56 Å². The van der Waals surface area contributed by atoms with E-state index in [2.05, 4.69) is 58.9 Å². The van der Waals surface area contributed by atoms with E-state index in [-0.39, 0.29) is 0 Å². The first-order chi connectivity index (χ1) is 9.16. The third kappa shape index (κ3) is 3.87. The molecule has 2 rings (SSSR count). The van der Waals surface area contributed by atoms with Crippen LogP contribution in [-0.4, -0.2) is 40.5 Å². The van der Waals surface area contributed by atoms with Crippen LogP contribution in [0.2, 0.25) is 0 Å². The van der Waals surface area contributed by atoms with Crippen LogP contribution >= 0.6 is 0 Å². The highest BCUT2D eigenvalue weighted by molar-refractivity contribution is 5.19. The van der Waals surface area contributed by atoms with Gasteiger partial charge in [-0.2, -0.15) is 0 Å². The molecule has 1 heterocycles. The summed E-state index contributed by atoms with van der Waals surface area (Å²) >= 11 is 0. The van der Waals surface area contributed by atoms with Crippen molar-refractivity contribution in [3.05, 3.63) is 47.8 Å². The van der Waals surface area contributed by atoms with Gasteiger partial charge in [0, 0.05) is 26.2 Å². The number of rotatable bonds is 6. The van der Waals surface area contributed by atoms with Gasteiger partial charge in [-0.3, -0.25) is 4.68 Å². The third-order valence-electron chi connectivity index (χ3n) is 3.09. The van der Waals surface area contributed by atoms with Crippen LogP contribution < -0.4 is 5.32 Å². The summed E-state index contributed by atoms with van der Waals surface area (Å²) in [5.74, 6) is 0. The van der Waals surface area contributed by atoms with Gasteiger partial charge in [-0.1, -0.05) is 35.5 Å². The standard InChI is InChI=1S/C14H21N5/c1-18(2)11-14(12-7-5-4-6-8-12)15-9-13-10-16-17-19(13)3/h4-8,10,14-15H,9,11H2,1-3H3. The Hall–Kier alpha value is -1.72. The molecule has 0 aliphatic heterocycles. The van der Waals surface area contributed by atoms with Gasteiger partial charge in [0.05, 0.1) is 11.9 Å². The lowest BCUT2D eigenvalue weighted by molar-refractivity contribution is 0.338. The van der Waals surface area contributed by atoms with Crippen molar-refractivity contribution in [1.82, 2.24) is 25.2 Å². The van der Waals surface area contributed by atoms with Crippen LogP contribution in [-0.2, 0) is 13.6 Å². The van der Waals surface area contributed by atoms with E-state index in [0.29, 0.717) is 6.04 Å². The predicted octanol–water partition coefficient (Wildman–Crippen LogP) is 1.21. The van der Waals surface area contributed by atoms with E-state index >= 15 is 0 Å². The van der Waals surface area contributed by atoms with Crippen molar-refractivity contribution in [2.24, 2.45) is 7.05 Å². The zero-order chi connectivity index (χ0) is 13.7. The maximum Gasteiger partial charge on any atom is 0.0738 e. The molecule has 5 heteroatoms. The summed E-state index contributed by atoms with van der Waals surface area (Å²) in [6.07, 6.45) is 1.80. The first-order valence-electron chi connectivity index (χ1n) is 6.43. The molecule has 0 aliphatic rings. The molecular weight excluding hydrogens is 238 g/mol. The fourth-order valence-electron chi connectivity index (χ4n) is 2.04. The Labute approximate surface area is 114 Å². The number of nitrogens with one attached hydrogen (secondary N) is 1. The van der Waals surface area contributed by atoms with Crippen LogP contribution in [0.4, 0.5) is 0 Å². The van der Waals surface area contributed by atoms with E-state index < -0.39 is 0 Å². The number of likely N-dealkylation sites (N-methyl/N-ethyl adjacent to an activating group) is 1. The van der Waals surface area contributed by atoms with Crippen molar-refractivity contribution >= 4 is 0 Å². The summed E-state index contributed by atoms with van der Waals surface area (Å²) in [5.41, 5.74) is 2.38. The number of nitrogens with zero attached hydrogens (tertiary/aromatic N) is 4. The highest BCUT2D eigenvalue weighted by Crippen LogP contribution is 2.14. The molecule has 1 N–H and O–H groups in total. The smallest absolute Gasteiger partial charge is 0.0738 e. The van der Waals surface area contributed by atoms with Gasteiger partial charge < -0.3 is 10.2 Å². The quantitative estimate of drug-likeness (QED) is 0.847. The number of aromatic nitrogens is 3. The molecule has 1 aromatic heterocycles. The molecule has 1 aromatic carbocycles. The molecular formula is C14H21N5. The molecule has 0 spiro atoms. The third-order valence-corrected chi connectivity index (χ3v) is 3.09. The first kappa shape index (κ1) is 13.7. The molecule has 0 radical (unpaired) electrons. The van der Waals surface area contributed by atoms with Crippen molar-refractivity contribution in [2.45, 2.75) is 12.6 Å². The monoisotopic (exact) mass is 259 g/mol. The zero-order valence-corrected chi connectivity index (χ0v) is 11.7. The van der Waals surface area contributed by atoms with Gasteiger partial charge in [0.15, 0.2) is 0 Å². The SMILES string of the molecule is CN(C)CC(NCc1cnnn1C)c1ccccc1. The van der Waals surface area contributed by atoms with Crippen LogP contribution in [0, 0.1) is 0 Å². The Morgan fingerprint density at radius 3 is 2.58 bits per heavy atom. The number of hydrogen-bond donors (Lipinski definition) is 1. The molecule has 102 valence electrons. The topological polar surface area (TPSA) is 46.0 Å². The lowest BCUT2D eigenvalue weighted by atomic mass is 10.1. The lowest BCUT2D eigenvalue weighted by Gasteiger charge is -2.22. The second kappa shape index (κ2) is 6.45. The minimum atomic E-state index is 0.297. The highest BCUT2D eigenvalue weighted by atomic mass is 15.4. The Balaban J connectivity index is 2.04. The number of benzene rings is 1. The molecule has 19 heavy (non-hydrogen) atoms. The predicted molar refractivity (Wildman–Crippen MR) is 75.6 cm³/mol. The molecule has 0 saturated heterocycles.